The molecule has 158 valence electrons. The minimum atomic E-state index is -0.658. The lowest BCUT2D eigenvalue weighted by molar-refractivity contribution is -0.386. The minimum absolute atomic E-state index is 0.145. The molecule has 1 aliphatic heterocycles. The summed E-state index contributed by atoms with van der Waals surface area (Å²) < 4.78 is 35.2. The molecule has 2 aromatic carbocycles. The molecule has 2 heterocycles. The van der Waals surface area contributed by atoms with Gasteiger partial charge in [-0.2, -0.15) is 0 Å². The molecule has 0 atom stereocenters. The number of fused-ring (bicyclic) bond motifs is 1. The maximum atomic E-state index is 13.4. The SMILES string of the molecule is O=C(/C=C/c1ccc(COc2cc(F)ccc2[N+](=O)[O-])o1)c1ccc2c(c1)OCCO2. The number of carbonyl (C=O) groups is 1. The van der Waals surface area contributed by atoms with Crippen LogP contribution < -0.4 is 14.2 Å². The number of hydrogen-bond acceptors (Lipinski definition) is 7. The summed E-state index contributed by atoms with van der Waals surface area (Å²) in [7, 11) is 0. The van der Waals surface area contributed by atoms with Gasteiger partial charge in [0.15, 0.2) is 23.0 Å². The lowest BCUT2D eigenvalue weighted by Gasteiger charge is -2.18. The van der Waals surface area contributed by atoms with Crippen molar-refractivity contribution in [2.45, 2.75) is 6.61 Å². The van der Waals surface area contributed by atoms with Crippen LogP contribution in [-0.2, 0) is 6.61 Å². The molecular formula is C22H16FNO7. The number of nitro groups is 1. The van der Waals surface area contributed by atoms with Gasteiger partial charge in [-0.05, 0) is 48.6 Å². The van der Waals surface area contributed by atoms with E-state index in [1.165, 1.54) is 12.2 Å². The Balaban J connectivity index is 1.40. The molecule has 0 bridgehead atoms. The average molecular weight is 425 g/mol. The van der Waals surface area contributed by atoms with Crippen molar-refractivity contribution in [2.24, 2.45) is 0 Å². The van der Waals surface area contributed by atoms with Crippen molar-refractivity contribution in [1.29, 1.82) is 0 Å². The van der Waals surface area contributed by atoms with Gasteiger partial charge in [0, 0.05) is 17.7 Å². The Morgan fingerprint density at radius 1 is 1.10 bits per heavy atom. The van der Waals surface area contributed by atoms with E-state index in [9.17, 15) is 19.3 Å². The van der Waals surface area contributed by atoms with Gasteiger partial charge in [-0.1, -0.05) is 0 Å². The molecule has 31 heavy (non-hydrogen) atoms. The number of furan rings is 1. The fourth-order valence-corrected chi connectivity index (χ4v) is 2.92. The molecule has 0 aliphatic carbocycles. The third-order valence-electron chi connectivity index (χ3n) is 4.40. The number of nitro benzene ring substituents is 1. The summed E-state index contributed by atoms with van der Waals surface area (Å²) in [6.07, 6.45) is 2.85. The van der Waals surface area contributed by atoms with E-state index in [-0.39, 0.29) is 23.8 Å². The molecule has 0 saturated carbocycles. The average Bonchev–Trinajstić information content (AvgIpc) is 3.23. The van der Waals surface area contributed by atoms with Gasteiger partial charge < -0.3 is 18.6 Å². The van der Waals surface area contributed by atoms with E-state index in [2.05, 4.69) is 0 Å². The van der Waals surface area contributed by atoms with Crippen molar-refractivity contribution >= 4 is 17.5 Å². The highest BCUT2D eigenvalue weighted by Crippen LogP contribution is 2.31. The van der Waals surface area contributed by atoms with Gasteiger partial charge in [-0.15, -0.1) is 0 Å². The number of ether oxygens (including phenoxy) is 3. The lowest BCUT2D eigenvalue weighted by Crippen LogP contribution is -2.15. The summed E-state index contributed by atoms with van der Waals surface area (Å²) in [4.78, 5) is 22.8. The second-order valence-electron chi connectivity index (χ2n) is 6.52. The zero-order valence-corrected chi connectivity index (χ0v) is 16.1. The molecule has 3 aromatic rings. The van der Waals surface area contributed by atoms with Crippen molar-refractivity contribution in [2.75, 3.05) is 13.2 Å². The van der Waals surface area contributed by atoms with Crippen molar-refractivity contribution < 1.29 is 32.7 Å². The number of ketones is 1. The van der Waals surface area contributed by atoms with Gasteiger partial charge in [-0.3, -0.25) is 14.9 Å². The monoisotopic (exact) mass is 425 g/mol. The Bertz CT molecular complexity index is 1170. The highest BCUT2D eigenvalue weighted by Gasteiger charge is 2.17. The highest BCUT2D eigenvalue weighted by molar-refractivity contribution is 6.07. The van der Waals surface area contributed by atoms with Gasteiger partial charge in [-0.25, -0.2) is 4.39 Å². The zero-order valence-electron chi connectivity index (χ0n) is 16.1. The molecule has 8 nitrogen and oxygen atoms in total. The van der Waals surface area contributed by atoms with Crippen molar-refractivity contribution in [1.82, 2.24) is 0 Å². The number of rotatable bonds is 7. The van der Waals surface area contributed by atoms with Crippen LogP contribution in [-0.4, -0.2) is 23.9 Å². The molecule has 0 saturated heterocycles. The predicted octanol–water partition coefficient (Wildman–Crippen LogP) is 4.57. The highest BCUT2D eigenvalue weighted by atomic mass is 19.1. The maximum Gasteiger partial charge on any atom is 0.311 e. The normalized spacial score (nSPS) is 12.7. The minimum Gasteiger partial charge on any atom is -0.486 e. The van der Waals surface area contributed by atoms with E-state index in [1.54, 1.807) is 30.3 Å². The number of halogens is 1. The van der Waals surface area contributed by atoms with E-state index in [0.717, 1.165) is 18.2 Å². The first-order valence-electron chi connectivity index (χ1n) is 9.27. The van der Waals surface area contributed by atoms with Crippen LogP contribution in [0.25, 0.3) is 6.08 Å². The number of allylic oxidation sites excluding steroid dienone is 1. The molecule has 0 unspecified atom stereocenters. The Labute approximate surface area is 175 Å². The Morgan fingerprint density at radius 3 is 2.71 bits per heavy atom. The Kier molecular flexibility index (Phi) is 5.65. The van der Waals surface area contributed by atoms with E-state index in [4.69, 9.17) is 18.6 Å². The van der Waals surface area contributed by atoms with E-state index in [1.807, 2.05) is 0 Å². The van der Waals surface area contributed by atoms with Crippen molar-refractivity contribution in [3.05, 3.63) is 87.6 Å². The summed E-state index contributed by atoms with van der Waals surface area (Å²) in [6.45, 7) is 0.752. The molecule has 0 amide bonds. The van der Waals surface area contributed by atoms with E-state index < -0.39 is 10.7 Å². The summed E-state index contributed by atoms with van der Waals surface area (Å²) in [5.41, 5.74) is 0.0899. The third-order valence-corrected chi connectivity index (χ3v) is 4.40. The summed E-state index contributed by atoms with van der Waals surface area (Å²) in [6, 6.07) is 11.1. The van der Waals surface area contributed by atoms with Crippen molar-refractivity contribution in [3.63, 3.8) is 0 Å². The first-order valence-corrected chi connectivity index (χ1v) is 9.27. The summed E-state index contributed by atoms with van der Waals surface area (Å²) >= 11 is 0. The van der Waals surface area contributed by atoms with Crippen LogP contribution in [0.15, 0.2) is 59.0 Å². The Morgan fingerprint density at radius 2 is 1.90 bits per heavy atom. The van der Waals surface area contributed by atoms with Crippen LogP contribution in [0.3, 0.4) is 0 Å². The first-order chi connectivity index (χ1) is 15.0. The number of nitrogens with zero attached hydrogens (tertiary/aromatic N) is 1. The van der Waals surface area contributed by atoms with Crippen LogP contribution in [0.5, 0.6) is 17.2 Å². The molecule has 1 aromatic heterocycles. The Hall–Kier alpha value is -4.14. The number of hydrogen-bond donors (Lipinski definition) is 0. The fourth-order valence-electron chi connectivity index (χ4n) is 2.92. The molecule has 4 rings (SSSR count). The molecule has 0 radical (unpaired) electrons. The van der Waals surface area contributed by atoms with Crippen LogP contribution in [0, 0.1) is 15.9 Å². The van der Waals surface area contributed by atoms with Gasteiger partial charge in [0.05, 0.1) is 4.92 Å². The number of benzene rings is 2. The van der Waals surface area contributed by atoms with Crippen LogP contribution in [0.2, 0.25) is 0 Å². The third kappa shape index (κ3) is 4.72. The summed E-state index contributed by atoms with van der Waals surface area (Å²) in [5.74, 6) is 0.758. The van der Waals surface area contributed by atoms with Gasteiger partial charge >= 0.3 is 5.69 Å². The first kappa shape index (κ1) is 20.1. The standard InChI is InChI=1S/C22H16FNO7/c23-15-2-6-18(24(26)27)21(12-15)30-13-17-4-3-16(31-17)5-7-19(25)14-1-8-20-22(11-14)29-10-9-28-20/h1-8,11-12H,9-10,13H2/b7-5+. The lowest BCUT2D eigenvalue weighted by atomic mass is 10.1. The van der Waals surface area contributed by atoms with E-state index >= 15 is 0 Å². The zero-order chi connectivity index (χ0) is 21.8. The second kappa shape index (κ2) is 8.70. The largest absolute Gasteiger partial charge is 0.486 e. The molecule has 0 N–H and O–H groups in total. The van der Waals surface area contributed by atoms with Crippen LogP contribution >= 0.6 is 0 Å². The van der Waals surface area contributed by atoms with E-state index in [0.29, 0.717) is 41.8 Å². The van der Waals surface area contributed by atoms with Gasteiger partial charge in [0.1, 0.15) is 37.2 Å². The second-order valence-corrected chi connectivity index (χ2v) is 6.52. The molecule has 1 aliphatic rings. The predicted molar refractivity (Wildman–Crippen MR) is 107 cm³/mol. The topological polar surface area (TPSA) is 101 Å². The molecule has 9 heteroatoms. The smallest absolute Gasteiger partial charge is 0.311 e. The van der Waals surface area contributed by atoms with Gasteiger partial charge in [0.25, 0.3) is 0 Å². The van der Waals surface area contributed by atoms with Crippen molar-refractivity contribution in [3.8, 4) is 17.2 Å². The van der Waals surface area contributed by atoms with Gasteiger partial charge in [0.2, 0.25) is 0 Å². The molecular weight excluding hydrogens is 409 g/mol. The molecule has 0 fully saturated rings. The fraction of sp³-hybridized carbons (Fsp3) is 0.136. The quantitative estimate of drug-likeness (QED) is 0.236. The maximum absolute atomic E-state index is 13.4. The van der Waals surface area contributed by atoms with Crippen LogP contribution in [0.4, 0.5) is 10.1 Å². The number of carbonyl (C=O) groups excluding carboxylic acids is 1. The van der Waals surface area contributed by atoms with Crippen LogP contribution in [0.1, 0.15) is 21.9 Å². The summed E-state index contributed by atoms with van der Waals surface area (Å²) in [5, 5.41) is 11.0. The molecule has 0 spiro atoms.